The van der Waals surface area contributed by atoms with Crippen molar-refractivity contribution in [3.63, 3.8) is 0 Å². The lowest BCUT2D eigenvalue weighted by Gasteiger charge is -2.23. The van der Waals surface area contributed by atoms with Gasteiger partial charge >= 0.3 is 5.97 Å². The molecule has 0 aromatic carbocycles. The van der Waals surface area contributed by atoms with Crippen LogP contribution in [0.3, 0.4) is 0 Å². The minimum Gasteiger partial charge on any atom is -0.481 e. The molecule has 3 N–H and O–H groups in total. The fourth-order valence-corrected chi connectivity index (χ4v) is 3.95. The molecule has 0 spiro atoms. The first kappa shape index (κ1) is 22.2. The van der Waals surface area contributed by atoms with Gasteiger partial charge in [0.25, 0.3) is 0 Å². The monoisotopic (exact) mass is 354 g/mol. The van der Waals surface area contributed by atoms with E-state index in [2.05, 4.69) is 13.0 Å². The second-order valence-electron chi connectivity index (χ2n) is 7.81. The number of unbranched alkanes of at least 4 members (excludes halogenated alkanes) is 3. The van der Waals surface area contributed by atoms with Gasteiger partial charge in [-0.3, -0.25) is 4.79 Å². The summed E-state index contributed by atoms with van der Waals surface area (Å²) in [6.07, 6.45) is 14.0. The van der Waals surface area contributed by atoms with Gasteiger partial charge in [-0.1, -0.05) is 51.7 Å². The summed E-state index contributed by atoms with van der Waals surface area (Å²) in [5.41, 5.74) is 0. The molecule has 1 aliphatic rings. The van der Waals surface area contributed by atoms with Crippen LogP contribution in [0.2, 0.25) is 0 Å². The quantitative estimate of drug-likeness (QED) is 0.335. The van der Waals surface area contributed by atoms with Crippen LogP contribution in [-0.4, -0.2) is 33.5 Å². The number of aliphatic hydroxyl groups excluding tert-OH is 2. The number of hydrogen-bond donors (Lipinski definition) is 3. The maximum atomic E-state index is 10.8. The van der Waals surface area contributed by atoms with Crippen molar-refractivity contribution in [1.29, 1.82) is 0 Å². The number of aliphatic carboxylic acids is 1. The highest BCUT2D eigenvalue weighted by molar-refractivity contribution is 5.69. The van der Waals surface area contributed by atoms with E-state index in [-0.39, 0.29) is 18.1 Å². The van der Waals surface area contributed by atoms with Gasteiger partial charge in [0.2, 0.25) is 0 Å². The first-order valence-corrected chi connectivity index (χ1v) is 10.2. The van der Waals surface area contributed by atoms with Crippen molar-refractivity contribution in [2.24, 2.45) is 17.8 Å². The Kier molecular flexibility index (Phi) is 11.1. The molecule has 5 atom stereocenters. The van der Waals surface area contributed by atoms with Crippen molar-refractivity contribution in [2.45, 2.75) is 96.7 Å². The Hall–Kier alpha value is -0.870. The third-order valence-corrected chi connectivity index (χ3v) is 5.68. The Labute approximate surface area is 153 Å². The number of carbonyl (C=O) groups is 1. The van der Waals surface area contributed by atoms with Crippen molar-refractivity contribution in [3.8, 4) is 0 Å². The fourth-order valence-electron chi connectivity index (χ4n) is 3.95. The van der Waals surface area contributed by atoms with Gasteiger partial charge in [-0.05, 0) is 56.8 Å². The Morgan fingerprint density at radius 2 is 1.92 bits per heavy atom. The average molecular weight is 355 g/mol. The fraction of sp³-hybridized carbons (Fsp3) is 0.857. The summed E-state index contributed by atoms with van der Waals surface area (Å²) in [4.78, 5) is 10.8. The molecule has 0 aromatic heterocycles. The number of aliphatic hydroxyl groups is 2. The van der Waals surface area contributed by atoms with Crippen LogP contribution < -0.4 is 0 Å². The number of rotatable bonds is 13. The van der Waals surface area contributed by atoms with E-state index in [9.17, 15) is 15.0 Å². The number of carboxylic acid groups (broad SMARTS) is 1. The van der Waals surface area contributed by atoms with Crippen LogP contribution in [0.1, 0.15) is 84.5 Å². The summed E-state index contributed by atoms with van der Waals surface area (Å²) in [5.74, 6) is -0.101. The Balaban J connectivity index is 2.25. The number of hydrogen-bond acceptors (Lipinski definition) is 3. The molecular weight excluding hydrogens is 316 g/mol. The molecule has 0 saturated heterocycles. The molecule has 4 heteroatoms. The SMILES string of the molecule is CCCC=CC(O)CC[C@H]1CC[C@H](O)[C@@H]1CCCCCC(C)C(=O)O. The highest BCUT2D eigenvalue weighted by Crippen LogP contribution is 2.38. The Morgan fingerprint density at radius 3 is 2.60 bits per heavy atom. The molecule has 2 unspecified atom stereocenters. The first-order valence-electron chi connectivity index (χ1n) is 10.2. The zero-order valence-electron chi connectivity index (χ0n) is 16.1. The molecule has 0 radical (unpaired) electrons. The highest BCUT2D eigenvalue weighted by Gasteiger charge is 2.34. The molecule has 4 nitrogen and oxygen atoms in total. The first-order chi connectivity index (χ1) is 12.0. The third-order valence-electron chi connectivity index (χ3n) is 5.68. The molecule has 1 saturated carbocycles. The van der Waals surface area contributed by atoms with Gasteiger partial charge in [0.15, 0.2) is 0 Å². The standard InChI is InChI=1S/C21H38O4/c1-3-4-6-10-18(22)14-12-17-13-15-20(23)19(17)11-8-5-7-9-16(2)21(24)25/h6,10,16-20,22-23H,3-5,7-9,11-15H2,1-2H3,(H,24,25)/t16?,17-,18?,19+,20-/m0/s1. The van der Waals surface area contributed by atoms with E-state index in [0.29, 0.717) is 11.8 Å². The van der Waals surface area contributed by atoms with Crippen LogP contribution in [0, 0.1) is 17.8 Å². The summed E-state index contributed by atoms with van der Waals surface area (Å²) < 4.78 is 0. The van der Waals surface area contributed by atoms with E-state index < -0.39 is 5.97 Å². The predicted octanol–water partition coefficient (Wildman–Crippen LogP) is 4.54. The smallest absolute Gasteiger partial charge is 0.306 e. The highest BCUT2D eigenvalue weighted by atomic mass is 16.4. The molecule has 1 fully saturated rings. The molecule has 0 aromatic rings. The lowest BCUT2D eigenvalue weighted by molar-refractivity contribution is -0.141. The molecule has 0 heterocycles. The molecule has 25 heavy (non-hydrogen) atoms. The minimum atomic E-state index is -0.710. The van der Waals surface area contributed by atoms with Crippen molar-refractivity contribution in [3.05, 3.63) is 12.2 Å². The molecule has 0 bridgehead atoms. The summed E-state index contributed by atoms with van der Waals surface area (Å²) in [6.45, 7) is 3.89. The van der Waals surface area contributed by atoms with E-state index in [1.807, 2.05) is 6.08 Å². The van der Waals surface area contributed by atoms with Crippen molar-refractivity contribution < 1.29 is 20.1 Å². The van der Waals surface area contributed by atoms with Gasteiger partial charge < -0.3 is 15.3 Å². The van der Waals surface area contributed by atoms with E-state index in [1.54, 1.807) is 6.92 Å². The average Bonchev–Trinajstić information content (AvgIpc) is 2.92. The van der Waals surface area contributed by atoms with Crippen molar-refractivity contribution >= 4 is 5.97 Å². The summed E-state index contributed by atoms with van der Waals surface area (Å²) >= 11 is 0. The Morgan fingerprint density at radius 1 is 1.16 bits per heavy atom. The van der Waals surface area contributed by atoms with E-state index in [4.69, 9.17) is 5.11 Å². The number of allylic oxidation sites excluding steroid dienone is 1. The maximum Gasteiger partial charge on any atom is 0.306 e. The Bertz CT molecular complexity index is 393. The van der Waals surface area contributed by atoms with Gasteiger partial charge in [-0.2, -0.15) is 0 Å². The maximum absolute atomic E-state index is 10.8. The normalized spacial score (nSPS) is 26.2. The van der Waals surface area contributed by atoms with Crippen molar-refractivity contribution in [2.75, 3.05) is 0 Å². The van der Waals surface area contributed by atoms with Crippen LogP contribution in [0.5, 0.6) is 0 Å². The van der Waals surface area contributed by atoms with E-state index in [0.717, 1.165) is 70.6 Å². The second-order valence-corrected chi connectivity index (χ2v) is 7.81. The molecule has 146 valence electrons. The molecule has 0 amide bonds. The predicted molar refractivity (Wildman–Crippen MR) is 101 cm³/mol. The molecule has 1 rings (SSSR count). The second kappa shape index (κ2) is 12.5. The van der Waals surface area contributed by atoms with Crippen LogP contribution in [0.25, 0.3) is 0 Å². The van der Waals surface area contributed by atoms with Gasteiger partial charge in [-0.25, -0.2) is 0 Å². The largest absolute Gasteiger partial charge is 0.481 e. The summed E-state index contributed by atoms with van der Waals surface area (Å²) in [6, 6.07) is 0. The molecule has 1 aliphatic carbocycles. The zero-order valence-corrected chi connectivity index (χ0v) is 16.1. The van der Waals surface area contributed by atoms with Crippen LogP contribution in [-0.2, 0) is 4.79 Å². The van der Waals surface area contributed by atoms with Crippen molar-refractivity contribution in [1.82, 2.24) is 0 Å². The van der Waals surface area contributed by atoms with Gasteiger partial charge in [0.1, 0.15) is 0 Å². The van der Waals surface area contributed by atoms with Crippen LogP contribution in [0.4, 0.5) is 0 Å². The molecular formula is C21H38O4. The number of carboxylic acids is 1. The van der Waals surface area contributed by atoms with Gasteiger partial charge in [-0.15, -0.1) is 0 Å². The third kappa shape index (κ3) is 8.87. The van der Waals surface area contributed by atoms with Gasteiger partial charge in [0, 0.05) is 0 Å². The van der Waals surface area contributed by atoms with Crippen LogP contribution >= 0.6 is 0 Å². The van der Waals surface area contributed by atoms with Crippen LogP contribution in [0.15, 0.2) is 12.2 Å². The summed E-state index contributed by atoms with van der Waals surface area (Å²) in [5, 5.41) is 29.2. The van der Waals surface area contributed by atoms with E-state index in [1.165, 1.54) is 0 Å². The topological polar surface area (TPSA) is 77.8 Å². The van der Waals surface area contributed by atoms with E-state index >= 15 is 0 Å². The minimum absolute atomic E-state index is 0.198. The zero-order chi connectivity index (χ0) is 18.7. The molecule has 0 aliphatic heterocycles. The lowest BCUT2D eigenvalue weighted by atomic mass is 9.85. The summed E-state index contributed by atoms with van der Waals surface area (Å²) in [7, 11) is 0. The lowest BCUT2D eigenvalue weighted by Crippen LogP contribution is -2.20. The van der Waals surface area contributed by atoms with Gasteiger partial charge in [0.05, 0.1) is 18.1 Å².